The van der Waals surface area contributed by atoms with Gasteiger partial charge in [0, 0.05) is 19.6 Å². The average molecular weight is 194 g/mol. The molecule has 3 saturated heterocycles. The van der Waals surface area contributed by atoms with Crippen LogP contribution < -0.4 is 5.32 Å². The molecule has 3 heterocycles. The second-order valence-corrected chi connectivity index (χ2v) is 5.63. The van der Waals surface area contributed by atoms with Crippen molar-refractivity contribution in [1.29, 1.82) is 0 Å². The number of piperidine rings is 3. The molecule has 0 spiro atoms. The third kappa shape index (κ3) is 1.82. The van der Waals surface area contributed by atoms with Gasteiger partial charge in [0.2, 0.25) is 0 Å². The highest BCUT2D eigenvalue weighted by Gasteiger charge is 2.37. The summed E-state index contributed by atoms with van der Waals surface area (Å²) < 4.78 is 0. The molecule has 80 valence electrons. The van der Waals surface area contributed by atoms with E-state index in [9.17, 15) is 0 Å². The lowest BCUT2D eigenvalue weighted by Crippen LogP contribution is -2.51. The monoisotopic (exact) mass is 194 g/mol. The summed E-state index contributed by atoms with van der Waals surface area (Å²) in [7, 11) is 0. The van der Waals surface area contributed by atoms with Crippen LogP contribution in [0.3, 0.4) is 0 Å². The second-order valence-electron chi connectivity index (χ2n) is 5.63. The molecular weight excluding hydrogens is 172 g/mol. The summed E-state index contributed by atoms with van der Waals surface area (Å²) in [6.07, 6.45) is 5.93. The molecular formula is C12H22N2. The molecule has 1 aliphatic carbocycles. The lowest BCUT2D eigenvalue weighted by molar-refractivity contribution is 0.0166. The summed E-state index contributed by atoms with van der Waals surface area (Å²) in [5, 5.41) is 3.52. The van der Waals surface area contributed by atoms with Crippen LogP contribution in [0, 0.1) is 17.8 Å². The normalized spacial score (nSPS) is 43.3. The molecule has 0 aromatic carbocycles. The lowest BCUT2D eigenvalue weighted by atomic mass is 9.71. The Morgan fingerprint density at radius 1 is 1.14 bits per heavy atom. The Balaban J connectivity index is 1.47. The van der Waals surface area contributed by atoms with Crippen LogP contribution in [0.5, 0.6) is 0 Å². The molecule has 0 aromatic heterocycles. The summed E-state index contributed by atoms with van der Waals surface area (Å²) in [5.41, 5.74) is 0. The van der Waals surface area contributed by atoms with Crippen molar-refractivity contribution in [2.45, 2.75) is 25.7 Å². The van der Waals surface area contributed by atoms with E-state index in [0.29, 0.717) is 0 Å². The fourth-order valence-corrected chi connectivity index (χ4v) is 3.57. The Morgan fingerprint density at radius 2 is 1.93 bits per heavy atom. The van der Waals surface area contributed by atoms with Gasteiger partial charge in [-0.3, -0.25) is 0 Å². The highest BCUT2D eigenvalue weighted by molar-refractivity contribution is 4.90. The number of hydrogen-bond acceptors (Lipinski definition) is 2. The summed E-state index contributed by atoms with van der Waals surface area (Å²) >= 11 is 0. The maximum atomic E-state index is 3.52. The van der Waals surface area contributed by atoms with Crippen molar-refractivity contribution in [3.8, 4) is 0 Å². The summed E-state index contributed by atoms with van der Waals surface area (Å²) in [5.74, 6) is 3.09. The minimum Gasteiger partial charge on any atom is -0.316 e. The van der Waals surface area contributed by atoms with Crippen LogP contribution >= 0.6 is 0 Å². The van der Waals surface area contributed by atoms with Gasteiger partial charge in [-0.2, -0.15) is 0 Å². The first-order chi connectivity index (χ1) is 6.90. The second kappa shape index (κ2) is 3.82. The number of rotatable bonds is 2. The van der Waals surface area contributed by atoms with Gasteiger partial charge >= 0.3 is 0 Å². The maximum Gasteiger partial charge on any atom is 0.00220 e. The van der Waals surface area contributed by atoms with Crippen molar-refractivity contribution in [3.63, 3.8) is 0 Å². The van der Waals surface area contributed by atoms with Crippen LogP contribution in [0.15, 0.2) is 0 Å². The molecule has 0 aromatic rings. The van der Waals surface area contributed by atoms with E-state index in [1.807, 2.05) is 0 Å². The molecule has 2 nitrogen and oxygen atoms in total. The van der Waals surface area contributed by atoms with E-state index < -0.39 is 0 Å². The van der Waals surface area contributed by atoms with Gasteiger partial charge in [0.15, 0.2) is 0 Å². The van der Waals surface area contributed by atoms with Crippen molar-refractivity contribution in [2.75, 3.05) is 32.7 Å². The van der Waals surface area contributed by atoms with E-state index in [2.05, 4.69) is 10.2 Å². The number of nitrogens with one attached hydrogen (secondary N) is 1. The maximum absolute atomic E-state index is 3.52. The summed E-state index contributed by atoms with van der Waals surface area (Å²) in [4.78, 5) is 2.74. The Labute approximate surface area is 87.0 Å². The first-order valence-corrected chi connectivity index (χ1v) is 6.33. The van der Waals surface area contributed by atoms with Crippen molar-refractivity contribution in [2.24, 2.45) is 17.8 Å². The predicted molar refractivity (Wildman–Crippen MR) is 58.2 cm³/mol. The smallest absolute Gasteiger partial charge is 0.00220 e. The Kier molecular flexibility index (Phi) is 2.50. The third-order valence-corrected chi connectivity index (χ3v) is 4.28. The van der Waals surface area contributed by atoms with Gasteiger partial charge < -0.3 is 10.2 Å². The lowest BCUT2D eigenvalue weighted by Gasteiger charge is -2.48. The van der Waals surface area contributed by atoms with Gasteiger partial charge in [-0.25, -0.2) is 0 Å². The fourth-order valence-electron chi connectivity index (χ4n) is 3.57. The molecule has 1 saturated carbocycles. The van der Waals surface area contributed by atoms with Crippen LogP contribution in [-0.2, 0) is 0 Å². The SMILES string of the molecule is C1CNCC(CN2CC3CC(C3)C2)C1. The Hall–Kier alpha value is -0.0800. The van der Waals surface area contributed by atoms with Gasteiger partial charge in [0.1, 0.15) is 0 Å². The van der Waals surface area contributed by atoms with Gasteiger partial charge in [-0.15, -0.1) is 0 Å². The molecule has 4 fully saturated rings. The fraction of sp³-hybridized carbons (Fsp3) is 1.00. The van der Waals surface area contributed by atoms with E-state index in [-0.39, 0.29) is 0 Å². The molecule has 3 aliphatic heterocycles. The number of hydrogen-bond donors (Lipinski definition) is 1. The van der Waals surface area contributed by atoms with Crippen LogP contribution in [0.1, 0.15) is 25.7 Å². The van der Waals surface area contributed by atoms with Crippen LogP contribution in [0.2, 0.25) is 0 Å². The van der Waals surface area contributed by atoms with Gasteiger partial charge in [-0.1, -0.05) is 0 Å². The van der Waals surface area contributed by atoms with Gasteiger partial charge in [0.25, 0.3) is 0 Å². The molecule has 14 heavy (non-hydrogen) atoms. The third-order valence-electron chi connectivity index (χ3n) is 4.28. The zero-order valence-electron chi connectivity index (χ0n) is 9.04. The predicted octanol–water partition coefficient (Wildman–Crippen LogP) is 1.33. The van der Waals surface area contributed by atoms with Gasteiger partial charge in [-0.05, 0) is 56.5 Å². The van der Waals surface area contributed by atoms with Crippen molar-refractivity contribution in [1.82, 2.24) is 10.2 Å². The minimum absolute atomic E-state index is 0.946. The van der Waals surface area contributed by atoms with Crippen molar-refractivity contribution >= 4 is 0 Å². The zero-order valence-corrected chi connectivity index (χ0v) is 9.04. The Bertz CT molecular complexity index is 182. The van der Waals surface area contributed by atoms with Crippen molar-refractivity contribution < 1.29 is 0 Å². The number of nitrogens with zero attached hydrogens (tertiary/aromatic N) is 1. The summed E-state index contributed by atoms with van der Waals surface area (Å²) in [6.45, 7) is 6.72. The largest absolute Gasteiger partial charge is 0.316 e. The van der Waals surface area contributed by atoms with E-state index in [1.165, 1.54) is 45.6 Å². The molecule has 2 bridgehead atoms. The first kappa shape index (κ1) is 9.17. The Morgan fingerprint density at radius 3 is 2.57 bits per heavy atom. The molecule has 0 amide bonds. The number of fused-ring (bicyclic) bond motifs is 2. The van der Waals surface area contributed by atoms with Crippen molar-refractivity contribution in [3.05, 3.63) is 0 Å². The molecule has 1 unspecified atom stereocenters. The van der Waals surface area contributed by atoms with Crippen LogP contribution in [0.4, 0.5) is 0 Å². The molecule has 2 heteroatoms. The van der Waals surface area contributed by atoms with E-state index in [1.54, 1.807) is 12.8 Å². The molecule has 0 radical (unpaired) electrons. The van der Waals surface area contributed by atoms with E-state index in [0.717, 1.165) is 17.8 Å². The molecule has 4 aliphatic rings. The first-order valence-electron chi connectivity index (χ1n) is 6.33. The summed E-state index contributed by atoms with van der Waals surface area (Å²) in [6, 6.07) is 0. The zero-order chi connectivity index (χ0) is 9.38. The van der Waals surface area contributed by atoms with E-state index >= 15 is 0 Å². The highest BCUT2D eigenvalue weighted by Crippen LogP contribution is 2.39. The molecule has 1 atom stereocenters. The van der Waals surface area contributed by atoms with E-state index in [4.69, 9.17) is 0 Å². The van der Waals surface area contributed by atoms with Crippen LogP contribution in [0.25, 0.3) is 0 Å². The minimum atomic E-state index is 0.946. The molecule has 4 rings (SSSR count). The topological polar surface area (TPSA) is 15.3 Å². The quantitative estimate of drug-likeness (QED) is 0.713. The van der Waals surface area contributed by atoms with Gasteiger partial charge in [0.05, 0.1) is 0 Å². The highest BCUT2D eigenvalue weighted by atomic mass is 15.2. The average Bonchev–Trinajstić information content (AvgIpc) is 2.18. The van der Waals surface area contributed by atoms with Crippen LogP contribution in [-0.4, -0.2) is 37.6 Å². The standard InChI is InChI=1S/C12H22N2/c1-2-10(6-13-3-1)7-14-8-11-4-12(5-11)9-14/h10-13H,1-9H2. The molecule has 1 N–H and O–H groups in total.